The summed E-state index contributed by atoms with van der Waals surface area (Å²) in [6, 6.07) is 7.94. The van der Waals surface area contributed by atoms with E-state index >= 15 is 0 Å². The third-order valence-corrected chi connectivity index (χ3v) is 4.57. The van der Waals surface area contributed by atoms with Crippen LogP contribution in [0.15, 0.2) is 29.3 Å². The van der Waals surface area contributed by atoms with Crippen molar-refractivity contribution in [3.63, 3.8) is 0 Å². The third kappa shape index (κ3) is 2.32. The fourth-order valence-electron chi connectivity index (χ4n) is 3.40. The van der Waals surface area contributed by atoms with E-state index in [0.717, 1.165) is 17.3 Å². The zero-order valence-corrected chi connectivity index (χ0v) is 11.9. The van der Waals surface area contributed by atoms with Crippen LogP contribution in [-0.4, -0.2) is 18.0 Å². The number of hydrogen-bond donors (Lipinski definition) is 1. The van der Waals surface area contributed by atoms with E-state index in [0.29, 0.717) is 5.96 Å². The molecule has 1 spiro atoms. The quantitative estimate of drug-likeness (QED) is 0.853. The van der Waals surface area contributed by atoms with Crippen LogP contribution >= 0.6 is 11.6 Å². The second kappa shape index (κ2) is 5.04. The molecule has 1 aromatic rings. The fourth-order valence-corrected chi connectivity index (χ4v) is 3.59. The molecule has 1 fully saturated rings. The molecule has 1 aliphatic carbocycles. The van der Waals surface area contributed by atoms with Gasteiger partial charge < -0.3 is 10.6 Å². The molecule has 3 rings (SSSR count). The summed E-state index contributed by atoms with van der Waals surface area (Å²) in [4.78, 5) is 6.75. The molecule has 1 aliphatic heterocycles. The van der Waals surface area contributed by atoms with Gasteiger partial charge in [0.15, 0.2) is 5.96 Å². The van der Waals surface area contributed by atoms with Crippen LogP contribution in [0.1, 0.15) is 38.5 Å². The number of aliphatic imine (C=N–C) groups is 1. The van der Waals surface area contributed by atoms with Crippen LogP contribution in [0.25, 0.3) is 0 Å². The zero-order chi connectivity index (χ0) is 13.3. The predicted octanol–water partition coefficient (Wildman–Crippen LogP) is 3.57. The van der Waals surface area contributed by atoms with Gasteiger partial charge in [-0.2, -0.15) is 0 Å². The molecule has 0 radical (unpaired) electrons. The lowest BCUT2D eigenvalue weighted by Crippen LogP contribution is -2.51. The molecule has 0 amide bonds. The van der Waals surface area contributed by atoms with E-state index in [9.17, 15) is 0 Å². The van der Waals surface area contributed by atoms with Crippen molar-refractivity contribution < 1.29 is 0 Å². The average molecular weight is 278 g/mol. The van der Waals surface area contributed by atoms with Gasteiger partial charge in [0.25, 0.3) is 0 Å². The average Bonchev–Trinajstić information content (AvgIpc) is 2.58. The van der Waals surface area contributed by atoms with Gasteiger partial charge in [0, 0.05) is 10.7 Å². The molecule has 0 saturated heterocycles. The highest BCUT2D eigenvalue weighted by Crippen LogP contribution is 2.39. The topological polar surface area (TPSA) is 41.6 Å². The minimum atomic E-state index is 0.0886. The van der Waals surface area contributed by atoms with Crippen LogP contribution < -0.4 is 10.6 Å². The first kappa shape index (κ1) is 12.8. The lowest BCUT2D eigenvalue weighted by Gasteiger charge is -2.39. The molecule has 3 nitrogen and oxygen atoms in total. The predicted molar refractivity (Wildman–Crippen MR) is 80.9 cm³/mol. The Kier molecular flexibility index (Phi) is 3.40. The smallest absolute Gasteiger partial charge is 0.196 e. The SMILES string of the molecule is NC1=NCC2(CCCCCC2)N1c1cccc(Cl)c1. The summed E-state index contributed by atoms with van der Waals surface area (Å²) in [5, 5.41) is 0.751. The molecule has 2 N–H and O–H groups in total. The van der Waals surface area contributed by atoms with Crippen molar-refractivity contribution >= 4 is 23.2 Å². The lowest BCUT2D eigenvalue weighted by molar-refractivity contribution is 0.400. The van der Waals surface area contributed by atoms with Gasteiger partial charge in [0.05, 0.1) is 12.1 Å². The molecule has 102 valence electrons. The molecule has 0 aromatic heterocycles. The maximum absolute atomic E-state index is 6.15. The van der Waals surface area contributed by atoms with E-state index in [1.807, 2.05) is 18.2 Å². The summed E-state index contributed by atoms with van der Waals surface area (Å²) in [6.07, 6.45) is 7.52. The number of rotatable bonds is 1. The van der Waals surface area contributed by atoms with Crippen molar-refractivity contribution in [2.24, 2.45) is 10.7 Å². The summed E-state index contributed by atoms with van der Waals surface area (Å²) >= 11 is 6.12. The second-order valence-electron chi connectivity index (χ2n) is 5.63. The molecule has 0 bridgehead atoms. The van der Waals surface area contributed by atoms with E-state index in [1.54, 1.807) is 0 Å². The molecule has 1 aromatic carbocycles. The van der Waals surface area contributed by atoms with Crippen LogP contribution in [0.2, 0.25) is 5.02 Å². The summed E-state index contributed by atoms with van der Waals surface area (Å²) in [5.41, 5.74) is 7.32. The Morgan fingerprint density at radius 1 is 1.16 bits per heavy atom. The Balaban J connectivity index is 1.97. The van der Waals surface area contributed by atoms with Gasteiger partial charge in [-0.15, -0.1) is 0 Å². The normalized spacial score (nSPS) is 22.4. The van der Waals surface area contributed by atoms with Crippen LogP contribution in [0, 0.1) is 0 Å². The van der Waals surface area contributed by atoms with Crippen molar-refractivity contribution in [2.45, 2.75) is 44.1 Å². The van der Waals surface area contributed by atoms with Crippen LogP contribution in [-0.2, 0) is 0 Å². The monoisotopic (exact) mass is 277 g/mol. The van der Waals surface area contributed by atoms with E-state index in [-0.39, 0.29) is 5.54 Å². The summed E-state index contributed by atoms with van der Waals surface area (Å²) in [7, 11) is 0. The van der Waals surface area contributed by atoms with E-state index < -0.39 is 0 Å². The van der Waals surface area contributed by atoms with Gasteiger partial charge >= 0.3 is 0 Å². The Bertz CT molecular complexity index is 490. The molecule has 2 aliphatic rings. The number of benzene rings is 1. The second-order valence-corrected chi connectivity index (χ2v) is 6.06. The van der Waals surface area contributed by atoms with Crippen molar-refractivity contribution in [1.82, 2.24) is 0 Å². The summed E-state index contributed by atoms with van der Waals surface area (Å²) in [5.74, 6) is 0.643. The molecule has 4 heteroatoms. The standard InChI is InChI=1S/C15H20ClN3/c16-12-6-5-7-13(10-12)19-14(17)18-11-15(19)8-3-1-2-4-9-15/h5-7,10H,1-4,8-9,11H2,(H2,17,18). The maximum Gasteiger partial charge on any atom is 0.196 e. The van der Waals surface area contributed by atoms with Gasteiger partial charge in [0.1, 0.15) is 0 Å². The third-order valence-electron chi connectivity index (χ3n) is 4.34. The van der Waals surface area contributed by atoms with E-state index in [4.69, 9.17) is 17.3 Å². The van der Waals surface area contributed by atoms with Gasteiger partial charge in [0.2, 0.25) is 0 Å². The highest BCUT2D eigenvalue weighted by Gasteiger charge is 2.42. The molecule has 1 heterocycles. The van der Waals surface area contributed by atoms with Crippen LogP contribution in [0.4, 0.5) is 5.69 Å². The fraction of sp³-hybridized carbons (Fsp3) is 0.533. The van der Waals surface area contributed by atoms with Crippen molar-refractivity contribution in [3.8, 4) is 0 Å². The molecular weight excluding hydrogens is 258 g/mol. The highest BCUT2D eigenvalue weighted by atomic mass is 35.5. The molecular formula is C15H20ClN3. The zero-order valence-electron chi connectivity index (χ0n) is 11.1. The number of guanidine groups is 1. The number of halogens is 1. The number of nitrogens with two attached hydrogens (primary N) is 1. The Morgan fingerprint density at radius 2 is 1.89 bits per heavy atom. The van der Waals surface area contributed by atoms with Gasteiger partial charge in [-0.1, -0.05) is 43.4 Å². The van der Waals surface area contributed by atoms with Gasteiger partial charge in [-0.05, 0) is 31.0 Å². The Morgan fingerprint density at radius 3 is 2.58 bits per heavy atom. The lowest BCUT2D eigenvalue weighted by atomic mass is 9.89. The maximum atomic E-state index is 6.15. The van der Waals surface area contributed by atoms with Crippen molar-refractivity contribution in [3.05, 3.63) is 29.3 Å². The first-order valence-electron chi connectivity index (χ1n) is 7.07. The molecule has 0 unspecified atom stereocenters. The number of anilines is 1. The van der Waals surface area contributed by atoms with Gasteiger partial charge in [-0.3, -0.25) is 4.99 Å². The minimum absolute atomic E-state index is 0.0886. The molecule has 1 saturated carbocycles. The Hall–Kier alpha value is -1.22. The van der Waals surface area contributed by atoms with Crippen molar-refractivity contribution in [2.75, 3.05) is 11.4 Å². The number of hydrogen-bond acceptors (Lipinski definition) is 3. The van der Waals surface area contributed by atoms with Gasteiger partial charge in [-0.25, -0.2) is 0 Å². The Labute approximate surface area is 119 Å². The van der Waals surface area contributed by atoms with Crippen molar-refractivity contribution in [1.29, 1.82) is 0 Å². The minimum Gasteiger partial charge on any atom is -0.369 e. The highest BCUT2D eigenvalue weighted by molar-refractivity contribution is 6.31. The van der Waals surface area contributed by atoms with Crippen LogP contribution in [0.5, 0.6) is 0 Å². The largest absolute Gasteiger partial charge is 0.369 e. The van der Waals surface area contributed by atoms with E-state index in [2.05, 4.69) is 16.0 Å². The molecule has 19 heavy (non-hydrogen) atoms. The first-order chi connectivity index (χ1) is 9.21. The van der Waals surface area contributed by atoms with E-state index in [1.165, 1.54) is 38.5 Å². The summed E-state index contributed by atoms with van der Waals surface area (Å²) in [6.45, 7) is 0.825. The number of nitrogens with zero attached hydrogens (tertiary/aromatic N) is 2. The summed E-state index contributed by atoms with van der Waals surface area (Å²) < 4.78 is 0. The first-order valence-corrected chi connectivity index (χ1v) is 7.45. The molecule has 0 atom stereocenters. The van der Waals surface area contributed by atoms with Crippen LogP contribution in [0.3, 0.4) is 0 Å².